The maximum absolute atomic E-state index is 10.9. The second-order valence-corrected chi connectivity index (χ2v) is 4.95. The SMILES string of the molecule is CC(C)CC(CO)Nc1ccc(C(=O)O)c([N+](=O)[O-])c1. The molecule has 0 aliphatic rings. The number of aliphatic hydroxyl groups excluding tert-OH is 1. The minimum atomic E-state index is -1.34. The van der Waals surface area contributed by atoms with Gasteiger partial charge in [-0.15, -0.1) is 0 Å². The van der Waals surface area contributed by atoms with Gasteiger partial charge in [0, 0.05) is 17.8 Å². The van der Waals surface area contributed by atoms with E-state index in [1.807, 2.05) is 13.8 Å². The zero-order valence-corrected chi connectivity index (χ0v) is 11.4. The number of aromatic carboxylic acids is 1. The van der Waals surface area contributed by atoms with Crippen LogP contribution >= 0.6 is 0 Å². The van der Waals surface area contributed by atoms with E-state index in [2.05, 4.69) is 5.32 Å². The highest BCUT2D eigenvalue weighted by Crippen LogP contribution is 2.24. The van der Waals surface area contributed by atoms with E-state index in [9.17, 15) is 20.0 Å². The Kier molecular flexibility index (Phi) is 5.45. The largest absolute Gasteiger partial charge is 0.477 e. The normalized spacial score (nSPS) is 12.2. The molecule has 1 atom stereocenters. The highest BCUT2D eigenvalue weighted by molar-refractivity contribution is 5.93. The number of nitrogens with zero attached hydrogens (tertiary/aromatic N) is 1. The molecule has 0 saturated heterocycles. The summed E-state index contributed by atoms with van der Waals surface area (Å²) in [6, 6.07) is 3.59. The molecule has 7 nitrogen and oxygen atoms in total. The van der Waals surface area contributed by atoms with Gasteiger partial charge in [0.15, 0.2) is 0 Å². The average Bonchev–Trinajstić information content (AvgIpc) is 2.36. The lowest BCUT2D eigenvalue weighted by Crippen LogP contribution is -2.25. The third kappa shape index (κ3) is 4.20. The van der Waals surface area contributed by atoms with Gasteiger partial charge in [-0.25, -0.2) is 4.79 Å². The van der Waals surface area contributed by atoms with Crippen LogP contribution < -0.4 is 5.32 Å². The van der Waals surface area contributed by atoms with E-state index in [-0.39, 0.29) is 18.2 Å². The van der Waals surface area contributed by atoms with Crippen LogP contribution in [0.25, 0.3) is 0 Å². The van der Waals surface area contributed by atoms with Gasteiger partial charge in [-0.05, 0) is 24.5 Å². The van der Waals surface area contributed by atoms with Crippen molar-refractivity contribution in [1.29, 1.82) is 0 Å². The monoisotopic (exact) mass is 282 g/mol. The van der Waals surface area contributed by atoms with Gasteiger partial charge in [0.2, 0.25) is 0 Å². The van der Waals surface area contributed by atoms with Gasteiger partial charge >= 0.3 is 5.97 Å². The molecule has 0 aliphatic carbocycles. The minimum Gasteiger partial charge on any atom is -0.477 e. The van der Waals surface area contributed by atoms with Crippen molar-refractivity contribution in [1.82, 2.24) is 0 Å². The Bertz CT molecular complexity index is 502. The first-order valence-electron chi connectivity index (χ1n) is 6.24. The molecule has 0 fully saturated rings. The van der Waals surface area contributed by atoms with Crippen molar-refractivity contribution in [3.63, 3.8) is 0 Å². The number of carboxylic acids is 1. The number of nitro benzene ring substituents is 1. The van der Waals surface area contributed by atoms with Gasteiger partial charge in [0.05, 0.1) is 11.5 Å². The van der Waals surface area contributed by atoms with E-state index in [1.165, 1.54) is 18.2 Å². The number of carboxylic acid groups (broad SMARTS) is 1. The van der Waals surface area contributed by atoms with Crippen LogP contribution in [0.3, 0.4) is 0 Å². The first-order valence-corrected chi connectivity index (χ1v) is 6.24. The average molecular weight is 282 g/mol. The third-order valence-electron chi connectivity index (χ3n) is 2.77. The summed E-state index contributed by atoms with van der Waals surface area (Å²) in [5, 5.41) is 32.0. The molecule has 0 heterocycles. The van der Waals surface area contributed by atoms with E-state index < -0.39 is 16.6 Å². The lowest BCUT2D eigenvalue weighted by atomic mass is 10.0. The number of hydrogen-bond donors (Lipinski definition) is 3. The van der Waals surface area contributed by atoms with Crippen molar-refractivity contribution >= 4 is 17.3 Å². The Morgan fingerprint density at radius 2 is 2.10 bits per heavy atom. The van der Waals surface area contributed by atoms with Gasteiger partial charge < -0.3 is 15.5 Å². The van der Waals surface area contributed by atoms with E-state index in [1.54, 1.807) is 0 Å². The summed E-state index contributed by atoms with van der Waals surface area (Å²) in [6.45, 7) is 3.90. The number of aliphatic hydroxyl groups is 1. The topological polar surface area (TPSA) is 113 Å². The molecule has 0 saturated carbocycles. The fourth-order valence-corrected chi connectivity index (χ4v) is 1.94. The molecule has 7 heteroatoms. The van der Waals surface area contributed by atoms with E-state index in [0.29, 0.717) is 18.0 Å². The van der Waals surface area contributed by atoms with Crippen molar-refractivity contribution < 1.29 is 19.9 Å². The Morgan fingerprint density at radius 1 is 1.45 bits per heavy atom. The Balaban J connectivity index is 3.00. The van der Waals surface area contributed by atoms with Crippen molar-refractivity contribution in [3.05, 3.63) is 33.9 Å². The second kappa shape index (κ2) is 6.85. The molecule has 1 aromatic carbocycles. The summed E-state index contributed by atoms with van der Waals surface area (Å²) >= 11 is 0. The number of hydrogen-bond acceptors (Lipinski definition) is 5. The smallest absolute Gasteiger partial charge is 0.342 e. The summed E-state index contributed by atoms with van der Waals surface area (Å²) in [5.74, 6) is -0.989. The predicted molar refractivity (Wildman–Crippen MR) is 74.0 cm³/mol. The highest BCUT2D eigenvalue weighted by Gasteiger charge is 2.21. The third-order valence-corrected chi connectivity index (χ3v) is 2.77. The van der Waals surface area contributed by atoms with Crippen LogP contribution in [0.1, 0.15) is 30.6 Å². The molecule has 1 unspecified atom stereocenters. The summed E-state index contributed by atoms with van der Waals surface area (Å²) < 4.78 is 0. The maximum Gasteiger partial charge on any atom is 0.342 e. The van der Waals surface area contributed by atoms with Crippen molar-refractivity contribution in [2.24, 2.45) is 5.92 Å². The van der Waals surface area contributed by atoms with Crippen LogP contribution in [0, 0.1) is 16.0 Å². The molecular weight excluding hydrogens is 264 g/mol. The molecule has 0 aromatic heterocycles. The molecule has 3 N–H and O–H groups in total. The fraction of sp³-hybridized carbons (Fsp3) is 0.462. The van der Waals surface area contributed by atoms with Gasteiger partial charge in [0.25, 0.3) is 5.69 Å². The van der Waals surface area contributed by atoms with E-state index >= 15 is 0 Å². The molecule has 0 bridgehead atoms. The number of nitro groups is 1. The Labute approximate surface area is 116 Å². The van der Waals surface area contributed by atoms with Gasteiger partial charge in [-0.1, -0.05) is 13.8 Å². The molecule has 0 aliphatic heterocycles. The molecule has 20 heavy (non-hydrogen) atoms. The summed E-state index contributed by atoms with van der Waals surface area (Å²) in [4.78, 5) is 21.0. The van der Waals surface area contributed by atoms with E-state index in [4.69, 9.17) is 5.11 Å². The first-order chi connectivity index (χ1) is 9.35. The number of carbonyl (C=O) groups is 1. The summed E-state index contributed by atoms with van der Waals surface area (Å²) in [6.07, 6.45) is 0.699. The minimum absolute atomic E-state index is 0.105. The lowest BCUT2D eigenvalue weighted by Gasteiger charge is -2.19. The molecule has 0 amide bonds. The zero-order chi connectivity index (χ0) is 15.3. The van der Waals surface area contributed by atoms with Crippen LogP contribution in [-0.2, 0) is 0 Å². The summed E-state index contributed by atoms with van der Waals surface area (Å²) in [5.41, 5.74) is -0.407. The van der Waals surface area contributed by atoms with Crippen molar-refractivity contribution in [2.75, 3.05) is 11.9 Å². The first kappa shape index (κ1) is 15.9. The number of anilines is 1. The Morgan fingerprint density at radius 3 is 2.55 bits per heavy atom. The number of benzene rings is 1. The fourth-order valence-electron chi connectivity index (χ4n) is 1.94. The molecule has 1 rings (SSSR count). The standard InChI is InChI=1S/C13H18N2O5/c1-8(2)5-10(7-16)14-9-3-4-11(13(17)18)12(6-9)15(19)20/h3-4,6,8,10,14,16H,5,7H2,1-2H3,(H,17,18). The van der Waals surface area contributed by atoms with Crippen LogP contribution in [0.4, 0.5) is 11.4 Å². The Hall–Kier alpha value is -2.15. The maximum atomic E-state index is 10.9. The quantitative estimate of drug-likeness (QED) is 0.521. The van der Waals surface area contributed by atoms with Crippen LogP contribution in [0.5, 0.6) is 0 Å². The summed E-state index contributed by atoms with van der Waals surface area (Å²) in [7, 11) is 0. The second-order valence-electron chi connectivity index (χ2n) is 4.95. The number of nitrogens with one attached hydrogen (secondary N) is 1. The van der Waals surface area contributed by atoms with Crippen LogP contribution in [0.2, 0.25) is 0 Å². The van der Waals surface area contributed by atoms with Gasteiger partial charge in [-0.2, -0.15) is 0 Å². The predicted octanol–water partition coefficient (Wildman–Crippen LogP) is 2.11. The van der Waals surface area contributed by atoms with Gasteiger partial charge in [-0.3, -0.25) is 10.1 Å². The molecule has 110 valence electrons. The zero-order valence-electron chi connectivity index (χ0n) is 11.4. The lowest BCUT2D eigenvalue weighted by molar-refractivity contribution is -0.385. The van der Waals surface area contributed by atoms with E-state index in [0.717, 1.165) is 0 Å². The molecular formula is C13H18N2O5. The van der Waals surface area contributed by atoms with Crippen LogP contribution in [0.15, 0.2) is 18.2 Å². The molecule has 1 aromatic rings. The number of rotatable bonds is 7. The molecule has 0 spiro atoms. The van der Waals surface area contributed by atoms with Crippen LogP contribution in [-0.4, -0.2) is 33.8 Å². The van der Waals surface area contributed by atoms with Crippen molar-refractivity contribution in [2.45, 2.75) is 26.3 Å². The highest BCUT2D eigenvalue weighted by atomic mass is 16.6. The molecule has 0 radical (unpaired) electrons. The van der Waals surface area contributed by atoms with Crippen molar-refractivity contribution in [3.8, 4) is 0 Å². The van der Waals surface area contributed by atoms with Gasteiger partial charge in [0.1, 0.15) is 5.56 Å².